The highest BCUT2D eigenvalue weighted by molar-refractivity contribution is 6.30. The van der Waals surface area contributed by atoms with Crippen LogP contribution in [0.25, 0.3) is 11.0 Å². The molecule has 1 N–H and O–H groups in total. The minimum atomic E-state index is -0.553. The number of pyridine rings is 1. The van der Waals surface area contributed by atoms with Crippen LogP contribution in [0, 0.1) is 0 Å². The minimum absolute atomic E-state index is 0.225. The molecule has 0 aromatic carbocycles. The lowest BCUT2D eigenvalue weighted by molar-refractivity contribution is 0.00718. The van der Waals surface area contributed by atoms with Crippen molar-refractivity contribution in [2.75, 3.05) is 0 Å². The molecule has 0 saturated carbocycles. The third-order valence-electron chi connectivity index (χ3n) is 2.01. The van der Waals surface area contributed by atoms with E-state index in [0.717, 1.165) is 0 Å². The molecule has 2 aromatic rings. The standard InChI is InChI=1S/C11H12ClN3O2/c1-11(2,3)17-10(16)6-4-8(12)14-9-7(6)5-13-15-9/h4-5H,1-3H3,(H,13,14,15). The van der Waals surface area contributed by atoms with Crippen LogP contribution >= 0.6 is 11.6 Å². The van der Waals surface area contributed by atoms with Crippen LogP contribution in [0.3, 0.4) is 0 Å². The van der Waals surface area contributed by atoms with Crippen molar-refractivity contribution in [2.45, 2.75) is 26.4 Å². The van der Waals surface area contributed by atoms with Crippen LogP contribution in [0.15, 0.2) is 12.3 Å². The number of aromatic nitrogens is 3. The first-order chi connectivity index (χ1) is 7.87. The highest BCUT2D eigenvalue weighted by atomic mass is 35.5. The monoisotopic (exact) mass is 253 g/mol. The van der Waals surface area contributed by atoms with Crippen molar-refractivity contribution in [3.63, 3.8) is 0 Å². The van der Waals surface area contributed by atoms with E-state index in [9.17, 15) is 4.79 Å². The van der Waals surface area contributed by atoms with Gasteiger partial charge in [0.1, 0.15) is 10.8 Å². The molecular weight excluding hydrogens is 242 g/mol. The van der Waals surface area contributed by atoms with Crippen LogP contribution < -0.4 is 0 Å². The van der Waals surface area contributed by atoms with Gasteiger partial charge in [-0.2, -0.15) is 5.10 Å². The highest BCUT2D eigenvalue weighted by Crippen LogP contribution is 2.21. The summed E-state index contributed by atoms with van der Waals surface area (Å²) >= 11 is 5.83. The van der Waals surface area contributed by atoms with Crippen LogP contribution in [0.5, 0.6) is 0 Å². The molecular formula is C11H12ClN3O2. The van der Waals surface area contributed by atoms with E-state index in [2.05, 4.69) is 15.2 Å². The SMILES string of the molecule is CC(C)(C)OC(=O)c1cc(Cl)nc2[nH]ncc12. The van der Waals surface area contributed by atoms with Crippen molar-refractivity contribution in [2.24, 2.45) is 0 Å². The van der Waals surface area contributed by atoms with E-state index in [-0.39, 0.29) is 5.15 Å². The van der Waals surface area contributed by atoms with Gasteiger partial charge in [-0.25, -0.2) is 9.78 Å². The average molecular weight is 254 g/mol. The second-order valence-electron chi connectivity index (χ2n) is 4.63. The van der Waals surface area contributed by atoms with Gasteiger partial charge in [-0.1, -0.05) is 11.6 Å². The number of rotatable bonds is 1. The predicted molar refractivity (Wildman–Crippen MR) is 64.1 cm³/mol. The van der Waals surface area contributed by atoms with E-state index in [0.29, 0.717) is 16.6 Å². The summed E-state index contributed by atoms with van der Waals surface area (Å²) in [5.41, 5.74) is 0.283. The second kappa shape index (κ2) is 4.00. The number of hydrogen-bond donors (Lipinski definition) is 1. The number of fused-ring (bicyclic) bond motifs is 1. The molecule has 6 heteroatoms. The molecule has 0 aliphatic heterocycles. The lowest BCUT2D eigenvalue weighted by Crippen LogP contribution is -2.24. The Morgan fingerprint density at radius 2 is 2.18 bits per heavy atom. The molecule has 0 radical (unpaired) electrons. The average Bonchev–Trinajstić information content (AvgIpc) is 2.60. The molecule has 2 heterocycles. The molecule has 0 saturated heterocycles. The van der Waals surface area contributed by atoms with Crippen molar-refractivity contribution in [3.8, 4) is 0 Å². The summed E-state index contributed by atoms with van der Waals surface area (Å²) in [7, 11) is 0. The number of aromatic amines is 1. The maximum absolute atomic E-state index is 12.0. The summed E-state index contributed by atoms with van der Waals surface area (Å²) in [5.74, 6) is -0.437. The van der Waals surface area contributed by atoms with E-state index in [1.807, 2.05) is 0 Å². The number of nitrogens with zero attached hydrogens (tertiary/aromatic N) is 2. The van der Waals surface area contributed by atoms with Crippen molar-refractivity contribution in [1.82, 2.24) is 15.2 Å². The van der Waals surface area contributed by atoms with Gasteiger partial charge in [-0.05, 0) is 26.8 Å². The van der Waals surface area contributed by atoms with Crippen molar-refractivity contribution >= 4 is 28.6 Å². The summed E-state index contributed by atoms with van der Waals surface area (Å²) < 4.78 is 5.29. The largest absolute Gasteiger partial charge is 0.456 e. The maximum Gasteiger partial charge on any atom is 0.339 e. The fraction of sp³-hybridized carbons (Fsp3) is 0.364. The molecule has 0 aliphatic carbocycles. The minimum Gasteiger partial charge on any atom is -0.456 e. The lowest BCUT2D eigenvalue weighted by atomic mass is 10.1. The van der Waals surface area contributed by atoms with Gasteiger partial charge < -0.3 is 4.74 Å². The molecule has 0 atom stereocenters. The number of nitrogens with one attached hydrogen (secondary N) is 1. The van der Waals surface area contributed by atoms with Crippen LogP contribution in [0.4, 0.5) is 0 Å². The first kappa shape index (κ1) is 11.9. The normalized spacial score (nSPS) is 11.8. The first-order valence-electron chi connectivity index (χ1n) is 5.10. The molecule has 5 nitrogen and oxygen atoms in total. The third kappa shape index (κ3) is 2.55. The Morgan fingerprint density at radius 3 is 2.82 bits per heavy atom. The fourth-order valence-corrected chi connectivity index (χ4v) is 1.59. The van der Waals surface area contributed by atoms with Crippen molar-refractivity contribution < 1.29 is 9.53 Å². The Hall–Kier alpha value is -1.62. The van der Waals surface area contributed by atoms with Crippen LogP contribution in [0.1, 0.15) is 31.1 Å². The molecule has 0 aliphatic rings. The Labute approximate surface area is 103 Å². The van der Waals surface area contributed by atoms with Gasteiger partial charge in [0, 0.05) is 0 Å². The van der Waals surface area contributed by atoms with Gasteiger partial charge in [0.2, 0.25) is 0 Å². The van der Waals surface area contributed by atoms with E-state index >= 15 is 0 Å². The first-order valence-corrected chi connectivity index (χ1v) is 5.47. The third-order valence-corrected chi connectivity index (χ3v) is 2.20. The van der Waals surface area contributed by atoms with Crippen molar-refractivity contribution in [3.05, 3.63) is 23.0 Å². The number of carbonyl (C=O) groups is 1. The van der Waals surface area contributed by atoms with Crippen LogP contribution in [-0.4, -0.2) is 26.8 Å². The van der Waals surface area contributed by atoms with Gasteiger partial charge in [0.25, 0.3) is 0 Å². The summed E-state index contributed by atoms with van der Waals surface area (Å²) in [6.07, 6.45) is 1.53. The van der Waals surface area contributed by atoms with Gasteiger partial charge in [0.15, 0.2) is 5.65 Å². The van der Waals surface area contributed by atoms with Gasteiger partial charge >= 0.3 is 5.97 Å². The Morgan fingerprint density at radius 1 is 1.47 bits per heavy atom. The molecule has 17 heavy (non-hydrogen) atoms. The molecule has 2 aromatic heterocycles. The second-order valence-corrected chi connectivity index (χ2v) is 5.01. The van der Waals surface area contributed by atoms with E-state index in [1.165, 1.54) is 12.3 Å². The Balaban J connectivity index is 2.47. The summed E-state index contributed by atoms with van der Waals surface area (Å²) in [4.78, 5) is 16.0. The quantitative estimate of drug-likeness (QED) is 0.626. The maximum atomic E-state index is 12.0. The molecule has 90 valence electrons. The summed E-state index contributed by atoms with van der Waals surface area (Å²) in [6.45, 7) is 5.42. The number of ether oxygens (including phenoxy) is 1. The molecule has 2 rings (SSSR count). The Kier molecular flexibility index (Phi) is 2.79. The molecule has 0 amide bonds. The topological polar surface area (TPSA) is 67.9 Å². The zero-order valence-corrected chi connectivity index (χ0v) is 10.5. The molecule has 0 spiro atoms. The van der Waals surface area contributed by atoms with Gasteiger partial charge in [0.05, 0.1) is 17.1 Å². The fourth-order valence-electron chi connectivity index (χ4n) is 1.40. The van der Waals surface area contributed by atoms with E-state index < -0.39 is 11.6 Å². The zero-order chi connectivity index (χ0) is 12.6. The lowest BCUT2D eigenvalue weighted by Gasteiger charge is -2.19. The van der Waals surface area contributed by atoms with E-state index in [4.69, 9.17) is 16.3 Å². The van der Waals surface area contributed by atoms with E-state index in [1.54, 1.807) is 20.8 Å². The van der Waals surface area contributed by atoms with Crippen molar-refractivity contribution in [1.29, 1.82) is 0 Å². The number of hydrogen-bond acceptors (Lipinski definition) is 4. The van der Waals surface area contributed by atoms with Gasteiger partial charge in [-0.15, -0.1) is 0 Å². The Bertz CT molecular complexity index is 572. The number of esters is 1. The van der Waals surface area contributed by atoms with Crippen LogP contribution in [0.2, 0.25) is 5.15 Å². The number of carbonyl (C=O) groups excluding carboxylic acids is 1. The zero-order valence-electron chi connectivity index (χ0n) is 9.74. The highest BCUT2D eigenvalue weighted by Gasteiger charge is 2.21. The molecule has 0 bridgehead atoms. The molecule has 0 fully saturated rings. The number of halogens is 1. The smallest absolute Gasteiger partial charge is 0.339 e. The predicted octanol–water partition coefficient (Wildman–Crippen LogP) is 2.57. The summed E-state index contributed by atoms with van der Waals surface area (Å²) in [6, 6.07) is 1.48. The van der Waals surface area contributed by atoms with Gasteiger partial charge in [-0.3, -0.25) is 5.10 Å². The molecule has 0 unspecified atom stereocenters. The summed E-state index contributed by atoms with van der Waals surface area (Å²) in [5, 5.41) is 7.32. The van der Waals surface area contributed by atoms with Crippen LogP contribution in [-0.2, 0) is 4.74 Å². The number of H-pyrrole nitrogens is 1.